The fourth-order valence-corrected chi connectivity index (χ4v) is 11.0. The van der Waals surface area contributed by atoms with Gasteiger partial charge >= 0.3 is 19.8 Å². The Labute approximate surface area is 548 Å². The molecule has 0 bridgehead atoms. The lowest BCUT2D eigenvalue weighted by Gasteiger charge is -2.19. The highest BCUT2D eigenvalue weighted by Crippen LogP contribution is 2.43. The van der Waals surface area contributed by atoms with Crippen LogP contribution >= 0.6 is 7.82 Å². The molecule has 0 radical (unpaired) electrons. The van der Waals surface area contributed by atoms with Gasteiger partial charge in [-0.25, -0.2) is 4.57 Å². The Hall–Kier alpha value is -3.85. The Balaban J connectivity index is 3.86. The molecular weight excluding hydrogens is 1120 g/mol. The van der Waals surface area contributed by atoms with E-state index in [0.29, 0.717) is 6.42 Å². The van der Waals surface area contributed by atoms with Crippen molar-refractivity contribution in [3.05, 3.63) is 134 Å². The second kappa shape index (κ2) is 73.2. The van der Waals surface area contributed by atoms with Gasteiger partial charge in [-0.15, -0.1) is 0 Å². The molecule has 0 aliphatic heterocycles. The van der Waals surface area contributed by atoms with E-state index in [4.69, 9.17) is 24.3 Å². The van der Waals surface area contributed by atoms with Crippen LogP contribution in [-0.4, -0.2) is 49.3 Å². The van der Waals surface area contributed by atoms with Crippen LogP contribution in [0.1, 0.15) is 322 Å². The highest BCUT2D eigenvalue weighted by Gasteiger charge is 2.26. The number of unbranched alkanes of at least 4 members (excludes halogenated alkanes) is 33. The normalized spacial score (nSPS) is 13.7. The molecule has 510 valence electrons. The Kier molecular flexibility index (Phi) is 70.0. The number of phosphoric acid groups is 1. The second-order valence-corrected chi connectivity index (χ2v) is 25.5. The van der Waals surface area contributed by atoms with Crippen LogP contribution in [0, 0.1) is 0 Å². The van der Waals surface area contributed by atoms with Gasteiger partial charge in [0.05, 0.1) is 13.2 Å². The number of carbonyl (C=O) groups is 2. The van der Waals surface area contributed by atoms with Gasteiger partial charge in [0.2, 0.25) is 0 Å². The summed E-state index contributed by atoms with van der Waals surface area (Å²) in [6.45, 7) is 3.54. The number of hydrogen-bond donors (Lipinski definition) is 2. The standard InChI is InChI=1S/C79H136NO8P/c1-3-5-7-9-11-13-15-17-19-21-23-25-27-29-31-33-35-36-37-38-39-40-42-43-45-47-49-51-53-55-57-59-61-63-65-67-69-71-78(81)85-75-77(76-87-89(83,84)86-74-73-80)88-79(82)72-70-68-66-64-62-60-58-56-54-52-50-48-46-44-41-34-32-30-28-26-24-22-20-18-16-14-12-10-8-6-4-2/h5-8,11-14,17-20,23-26,30,32,41,44,48,50,77H,3-4,9-10,15-16,21-22,27-29,31,33-40,42-43,45-47,49,51-76,80H2,1-2H3,(H,83,84)/b7-5-,8-6-,13-11-,14-12-,19-17-,20-18-,25-23-,26-24-,32-30-,44-41-,50-48-. The number of phosphoric ester groups is 1. The highest BCUT2D eigenvalue weighted by molar-refractivity contribution is 7.47. The van der Waals surface area contributed by atoms with Crippen molar-refractivity contribution >= 4 is 19.8 Å². The van der Waals surface area contributed by atoms with Crippen LogP contribution in [0.25, 0.3) is 0 Å². The van der Waals surface area contributed by atoms with Gasteiger partial charge < -0.3 is 20.1 Å². The number of carbonyl (C=O) groups excluding carboxylic acids is 2. The van der Waals surface area contributed by atoms with E-state index in [9.17, 15) is 19.0 Å². The monoisotopic (exact) mass is 1260 g/mol. The van der Waals surface area contributed by atoms with Crippen LogP contribution < -0.4 is 5.73 Å². The lowest BCUT2D eigenvalue weighted by molar-refractivity contribution is -0.161. The lowest BCUT2D eigenvalue weighted by atomic mass is 10.0. The molecule has 2 atom stereocenters. The van der Waals surface area contributed by atoms with Gasteiger partial charge in [-0.05, 0) is 109 Å². The molecule has 9 nitrogen and oxygen atoms in total. The topological polar surface area (TPSA) is 134 Å². The zero-order valence-corrected chi connectivity index (χ0v) is 58.3. The van der Waals surface area contributed by atoms with Gasteiger partial charge in [0.15, 0.2) is 6.10 Å². The SMILES string of the molecule is CC/C=C\C/C=C\C/C=C\C/C=C\C/C=C\C/C=C\C/C=C\CCCCCCCCCCCC(=O)OC(COC(=O)CCCCCCCCCCCCCCCCCCCCCCCCCC/C=C\C/C=C\C/C=C\C/C=C\CC)COP(=O)(O)OCCN. The molecule has 0 rings (SSSR count). The number of ether oxygens (including phenoxy) is 2. The second-order valence-electron chi connectivity index (χ2n) is 24.0. The average molecular weight is 1260 g/mol. The zero-order valence-electron chi connectivity index (χ0n) is 57.4. The van der Waals surface area contributed by atoms with Crippen molar-refractivity contribution in [2.75, 3.05) is 26.4 Å². The van der Waals surface area contributed by atoms with Crippen LogP contribution in [0.15, 0.2) is 134 Å². The predicted molar refractivity (Wildman–Crippen MR) is 385 cm³/mol. The fraction of sp³-hybridized carbons (Fsp3) is 0.696. The van der Waals surface area contributed by atoms with Gasteiger partial charge in [-0.2, -0.15) is 0 Å². The third kappa shape index (κ3) is 73.1. The van der Waals surface area contributed by atoms with Crippen LogP contribution in [0.3, 0.4) is 0 Å². The molecule has 3 N–H and O–H groups in total. The minimum absolute atomic E-state index is 0.0481. The lowest BCUT2D eigenvalue weighted by Crippen LogP contribution is -2.29. The molecule has 10 heteroatoms. The summed E-state index contributed by atoms with van der Waals surface area (Å²) in [4.78, 5) is 35.4. The van der Waals surface area contributed by atoms with Crippen LogP contribution in [-0.2, 0) is 32.7 Å². The minimum atomic E-state index is -4.40. The third-order valence-corrected chi connectivity index (χ3v) is 16.5. The number of rotatable bonds is 68. The highest BCUT2D eigenvalue weighted by atomic mass is 31.2. The summed E-state index contributed by atoms with van der Waals surface area (Å²) in [5, 5.41) is 0. The third-order valence-electron chi connectivity index (χ3n) is 15.5. The van der Waals surface area contributed by atoms with Crippen molar-refractivity contribution in [2.45, 2.75) is 328 Å². The molecule has 0 aliphatic carbocycles. The van der Waals surface area contributed by atoms with Crippen molar-refractivity contribution in [2.24, 2.45) is 5.73 Å². The molecule has 0 fully saturated rings. The van der Waals surface area contributed by atoms with E-state index in [0.717, 1.165) is 116 Å². The first kappa shape index (κ1) is 85.2. The summed E-state index contributed by atoms with van der Waals surface area (Å²) in [7, 11) is -4.40. The van der Waals surface area contributed by atoms with Gasteiger partial charge in [-0.1, -0.05) is 334 Å². The van der Waals surface area contributed by atoms with E-state index in [1.165, 1.54) is 173 Å². The summed E-state index contributed by atoms with van der Waals surface area (Å²) < 4.78 is 33.2. The average Bonchev–Trinajstić information content (AvgIpc) is 3.68. The number of nitrogens with two attached hydrogens (primary N) is 1. The summed E-state index contributed by atoms with van der Waals surface area (Å²) in [5.74, 6) is -0.829. The summed E-state index contributed by atoms with van der Waals surface area (Å²) in [5.41, 5.74) is 5.41. The summed E-state index contributed by atoms with van der Waals surface area (Å²) in [6.07, 6.45) is 104. The largest absolute Gasteiger partial charge is 0.472 e. The summed E-state index contributed by atoms with van der Waals surface area (Å²) in [6, 6.07) is 0. The molecule has 0 aliphatic rings. The fourth-order valence-electron chi connectivity index (χ4n) is 10.2. The maximum atomic E-state index is 12.8. The molecule has 0 aromatic carbocycles. The quantitative estimate of drug-likeness (QED) is 0.0264. The Bertz CT molecular complexity index is 1920. The van der Waals surface area contributed by atoms with Gasteiger partial charge in [-0.3, -0.25) is 18.6 Å². The van der Waals surface area contributed by atoms with E-state index < -0.39 is 26.5 Å². The molecule has 2 unspecified atom stereocenters. The first-order valence-electron chi connectivity index (χ1n) is 36.7. The van der Waals surface area contributed by atoms with E-state index in [1.54, 1.807) is 0 Å². The maximum Gasteiger partial charge on any atom is 0.472 e. The van der Waals surface area contributed by atoms with Gasteiger partial charge in [0.1, 0.15) is 6.61 Å². The van der Waals surface area contributed by atoms with Crippen LogP contribution in [0.2, 0.25) is 0 Å². The van der Waals surface area contributed by atoms with Crippen LogP contribution in [0.4, 0.5) is 0 Å². The predicted octanol–water partition coefficient (Wildman–Crippen LogP) is 24.4. The first-order chi connectivity index (χ1) is 43.8. The number of allylic oxidation sites excluding steroid dienone is 22. The van der Waals surface area contributed by atoms with Gasteiger partial charge in [0.25, 0.3) is 0 Å². The van der Waals surface area contributed by atoms with Crippen molar-refractivity contribution < 1.29 is 37.6 Å². The van der Waals surface area contributed by atoms with E-state index in [-0.39, 0.29) is 38.6 Å². The first-order valence-corrected chi connectivity index (χ1v) is 38.2. The molecule has 0 heterocycles. The van der Waals surface area contributed by atoms with Crippen molar-refractivity contribution in [3.63, 3.8) is 0 Å². The van der Waals surface area contributed by atoms with E-state index >= 15 is 0 Å². The Morgan fingerprint density at radius 3 is 0.865 bits per heavy atom. The number of esters is 2. The van der Waals surface area contributed by atoms with Gasteiger partial charge in [0, 0.05) is 19.4 Å². The smallest absolute Gasteiger partial charge is 0.462 e. The minimum Gasteiger partial charge on any atom is -0.462 e. The molecule has 0 aromatic heterocycles. The van der Waals surface area contributed by atoms with E-state index in [1.807, 2.05) is 0 Å². The molecule has 0 spiro atoms. The molecule has 0 saturated carbocycles. The number of hydrogen-bond acceptors (Lipinski definition) is 8. The molecule has 89 heavy (non-hydrogen) atoms. The van der Waals surface area contributed by atoms with Crippen LogP contribution in [0.5, 0.6) is 0 Å². The molecule has 0 saturated heterocycles. The molecule has 0 aromatic rings. The Morgan fingerprint density at radius 1 is 0.337 bits per heavy atom. The maximum absolute atomic E-state index is 12.8. The van der Waals surface area contributed by atoms with Crippen molar-refractivity contribution in [3.8, 4) is 0 Å². The molecular formula is C79H136NO8P. The van der Waals surface area contributed by atoms with Crippen molar-refractivity contribution in [1.29, 1.82) is 0 Å². The van der Waals surface area contributed by atoms with Crippen molar-refractivity contribution in [1.82, 2.24) is 0 Å². The molecule has 0 amide bonds. The van der Waals surface area contributed by atoms with E-state index in [2.05, 4.69) is 148 Å². The summed E-state index contributed by atoms with van der Waals surface area (Å²) >= 11 is 0. The zero-order chi connectivity index (χ0) is 64.4. The Morgan fingerprint density at radius 2 is 0.584 bits per heavy atom.